The molecule has 3 heterocycles. The van der Waals surface area contributed by atoms with E-state index in [4.69, 9.17) is 0 Å². The number of rotatable bonds is 4. The third-order valence-corrected chi connectivity index (χ3v) is 3.96. The summed E-state index contributed by atoms with van der Waals surface area (Å²) in [5, 5.41) is 10.8. The normalized spacial score (nSPS) is 10.6. The van der Waals surface area contributed by atoms with Gasteiger partial charge in [0.05, 0.1) is 17.6 Å². The Morgan fingerprint density at radius 3 is 2.82 bits per heavy atom. The molecule has 0 fully saturated rings. The predicted molar refractivity (Wildman–Crippen MR) is 82.3 cm³/mol. The molecule has 0 aliphatic heterocycles. The van der Waals surface area contributed by atoms with E-state index in [1.165, 1.54) is 0 Å². The lowest BCUT2D eigenvalue weighted by Gasteiger charge is -2.04. The van der Waals surface area contributed by atoms with Gasteiger partial charge in [-0.1, -0.05) is 10.6 Å². The second-order valence-corrected chi connectivity index (χ2v) is 5.58. The van der Waals surface area contributed by atoms with Crippen LogP contribution in [0.1, 0.15) is 20.9 Å². The average molecular weight is 314 g/mol. The van der Waals surface area contributed by atoms with Gasteiger partial charge in [-0.2, -0.15) is 5.10 Å². The molecule has 1 amide bonds. The number of hydrogen-bond donors (Lipinski definition) is 1. The van der Waals surface area contributed by atoms with E-state index in [1.807, 2.05) is 25.4 Å². The number of pyridine rings is 1. The van der Waals surface area contributed by atoms with E-state index >= 15 is 0 Å². The summed E-state index contributed by atoms with van der Waals surface area (Å²) in [6.07, 6.45) is 5.42. The second kappa shape index (κ2) is 6.02. The fourth-order valence-corrected chi connectivity index (χ4v) is 2.53. The highest BCUT2D eigenvalue weighted by molar-refractivity contribution is 7.07. The average Bonchev–Trinajstić information content (AvgIpc) is 3.14. The monoisotopic (exact) mass is 314 g/mol. The molecule has 0 radical (unpaired) electrons. The smallest absolute Gasteiger partial charge is 0.265 e. The van der Waals surface area contributed by atoms with Crippen molar-refractivity contribution in [2.45, 2.75) is 13.5 Å². The molecule has 0 unspecified atom stereocenters. The van der Waals surface area contributed by atoms with E-state index in [9.17, 15) is 4.79 Å². The van der Waals surface area contributed by atoms with Gasteiger partial charge in [0, 0.05) is 31.5 Å². The van der Waals surface area contributed by atoms with Crippen molar-refractivity contribution >= 4 is 17.4 Å². The summed E-state index contributed by atoms with van der Waals surface area (Å²) in [5.41, 5.74) is 3.39. The SMILES string of the molecule is Cc1nnsc1C(=O)NCc1ccc(-c2cnn(C)c2)nc1. The third kappa shape index (κ3) is 3.01. The molecule has 3 aromatic heterocycles. The number of amides is 1. The number of aryl methyl sites for hydroxylation is 2. The summed E-state index contributed by atoms with van der Waals surface area (Å²) in [4.78, 5) is 16.9. The van der Waals surface area contributed by atoms with Gasteiger partial charge in [0.15, 0.2) is 0 Å². The Hall–Kier alpha value is -2.61. The van der Waals surface area contributed by atoms with Crippen LogP contribution in [0.15, 0.2) is 30.7 Å². The zero-order valence-corrected chi connectivity index (χ0v) is 13.0. The van der Waals surface area contributed by atoms with Crippen LogP contribution in [0.2, 0.25) is 0 Å². The summed E-state index contributed by atoms with van der Waals surface area (Å²) < 4.78 is 5.49. The van der Waals surface area contributed by atoms with Crippen molar-refractivity contribution in [1.29, 1.82) is 0 Å². The van der Waals surface area contributed by atoms with Crippen molar-refractivity contribution in [3.63, 3.8) is 0 Å². The Balaban J connectivity index is 1.64. The zero-order chi connectivity index (χ0) is 15.5. The van der Waals surface area contributed by atoms with Crippen molar-refractivity contribution in [2.24, 2.45) is 7.05 Å². The van der Waals surface area contributed by atoms with Gasteiger partial charge in [0.1, 0.15) is 4.88 Å². The molecule has 3 rings (SSSR count). The largest absolute Gasteiger partial charge is 0.347 e. The first-order chi connectivity index (χ1) is 10.6. The van der Waals surface area contributed by atoms with Crippen molar-refractivity contribution in [3.05, 3.63) is 46.9 Å². The molecule has 112 valence electrons. The van der Waals surface area contributed by atoms with Crippen molar-refractivity contribution in [2.75, 3.05) is 0 Å². The first-order valence-electron chi connectivity index (χ1n) is 6.64. The van der Waals surface area contributed by atoms with Gasteiger partial charge >= 0.3 is 0 Å². The number of nitrogens with zero attached hydrogens (tertiary/aromatic N) is 5. The zero-order valence-electron chi connectivity index (χ0n) is 12.1. The van der Waals surface area contributed by atoms with Crippen LogP contribution in [0, 0.1) is 6.92 Å². The summed E-state index contributed by atoms with van der Waals surface area (Å²) in [6, 6.07) is 3.85. The molecule has 7 nitrogen and oxygen atoms in total. The van der Waals surface area contributed by atoms with E-state index < -0.39 is 0 Å². The standard InChI is InChI=1S/C14H14N6OS/c1-9-13(22-19-18-9)14(21)16-6-10-3-4-12(15-5-10)11-7-17-20(2)8-11/h3-5,7-8H,6H2,1-2H3,(H,16,21). The molecular weight excluding hydrogens is 300 g/mol. The Morgan fingerprint density at radius 2 is 2.23 bits per heavy atom. The molecule has 0 spiro atoms. The van der Waals surface area contributed by atoms with Gasteiger partial charge in [0.2, 0.25) is 0 Å². The number of carbonyl (C=O) groups excluding carboxylic acids is 1. The van der Waals surface area contributed by atoms with Crippen molar-refractivity contribution in [1.82, 2.24) is 29.7 Å². The second-order valence-electron chi connectivity index (χ2n) is 4.82. The van der Waals surface area contributed by atoms with E-state index in [0.29, 0.717) is 17.1 Å². The highest BCUT2D eigenvalue weighted by Gasteiger charge is 2.12. The fourth-order valence-electron chi connectivity index (χ4n) is 1.96. The van der Waals surface area contributed by atoms with Gasteiger partial charge in [-0.3, -0.25) is 14.5 Å². The molecule has 1 N–H and O–H groups in total. The summed E-state index contributed by atoms with van der Waals surface area (Å²) in [5.74, 6) is -0.163. The van der Waals surface area contributed by atoms with Crippen LogP contribution in [0.4, 0.5) is 0 Å². The van der Waals surface area contributed by atoms with E-state index in [-0.39, 0.29) is 5.91 Å². The molecular formula is C14H14N6OS. The van der Waals surface area contributed by atoms with Gasteiger partial charge in [-0.15, -0.1) is 5.10 Å². The quantitative estimate of drug-likeness (QED) is 0.790. The van der Waals surface area contributed by atoms with E-state index in [0.717, 1.165) is 28.4 Å². The minimum absolute atomic E-state index is 0.163. The molecule has 8 heteroatoms. The topological polar surface area (TPSA) is 85.6 Å². The van der Waals surface area contributed by atoms with E-state index in [1.54, 1.807) is 24.0 Å². The molecule has 0 saturated heterocycles. The molecule has 0 saturated carbocycles. The minimum atomic E-state index is -0.163. The number of hydrogen-bond acceptors (Lipinski definition) is 6. The Kier molecular flexibility index (Phi) is 3.92. The van der Waals surface area contributed by atoms with Gasteiger partial charge < -0.3 is 5.32 Å². The first-order valence-corrected chi connectivity index (χ1v) is 7.42. The Morgan fingerprint density at radius 1 is 1.36 bits per heavy atom. The maximum absolute atomic E-state index is 12.0. The van der Waals surface area contributed by atoms with Gasteiger partial charge in [-0.05, 0) is 30.1 Å². The molecule has 22 heavy (non-hydrogen) atoms. The Bertz CT molecular complexity index is 792. The third-order valence-electron chi connectivity index (χ3n) is 3.14. The minimum Gasteiger partial charge on any atom is -0.347 e. The number of nitrogens with one attached hydrogen (secondary N) is 1. The highest BCUT2D eigenvalue weighted by atomic mass is 32.1. The van der Waals surface area contributed by atoms with E-state index in [2.05, 4.69) is 25.0 Å². The summed E-state index contributed by atoms with van der Waals surface area (Å²) in [6.45, 7) is 2.18. The molecule has 3 aromatic rings. The fraction of sp³-hybridized carbons (Fsp3) is 0.214. The lowest BCUT2D eigenvalue weighted by Crippen LogP contribution is -2.22. The van der Waals surface area contributed by atoms with Crippen LogP contribution in [-0.2, 0) is 13.6 Å². The highest BCUT2D eigenvalue weighted by Crippen LogP contribution is 2.15. The van der Waals surface area contributed by atoms with Gasteiger partial charge in [-0.25, -0.2) is 0 Å². The van der Waals surface area contributed by atoms with Gasteiger partial charge in [0.25, 0.3) is 5.91 Å². The lowest BCUT2D eigenvalue weighted by atomic mass is 10.2. The van der Waals surface area contributed by atoms with Crippen LogP contribution < -0.4 is 5.32 Å². The molecule has 0 aliphatic carbocycles. The molecule has 0 atom stereocenters. The lowest BCUT2D eigenvalue weighted by molar-refractivity contribution is 0.0954. The maximum Gasteiger partial charge on any atom is 0.265 e. The first kappa shape index (κ1) is 14.3. The number of carbonyl (C=O) groups is 1. The van der Waals surface area contributed by atoms with Crippen LogP contribution in [0.3, 0.4) is 0 Å². The Labute approximate surface area is 131 Å². The molecule has 0 bridgehead atoms. The predicted octanol–water partition coefficient (Wildman–Crippen LogP) is 1.57. The van der Waals surface area contributed by atoms with Crippen LogP contribution >= 0.6 is 11.5 Å². The van der Waals surface area contributed by atoms with Crippen LogP contribution in [-0.4, -0.2) is 30.3 Å². The van der Waals surface area contributed by atoms with Crippen LogP contribution in [0.25, 0.3) is 11.3 Å². The number of aromatic nitrogens is 5. The molecule has 0 aliphatic rings. The van der Waals surface area contributed by atoms with Crippen molar-refractivity contribution in [3.8, 4) is 11.3 Å². The summed E-state index contributed by atoms with van der Waals surface area (Å²) >= 11 is 1.10. The molecule has 0 aromatic carbocycles. The van der Waals surface area contributed by atoms with Crippen LogP contribution in [0.5, 0.6) is 0 Å². The summed E-state index contributed by atoms with van der Waals surface area (Å²) in [7, 11) is 1.86. The maximum atomic E-state index is 12.0. The van der Waals surface area contributed by atoms with Crippen molar-refractivity contribution < 1.29 is 4.79 Å².